The molecular weight excluding hydrogens is 290 g/mol. The van der Waals surface area contributed by atoms with E-state index in [0.717, 1.165) is 22.1 Å². The van der Waals surface area contributed by atoms with Crippen LogP contribution in [0.1, 0.15) is 21.1 Å². The zero-order valence-electron chi connectivity index (χ0n) is 12.2. The summed E-state index contributed by atoms with van der Waals surface area (Å²) in [6.07, 6.45) is 0.754. The maximum atomic E-state index is 12.5. The van der Waals surface area contributed by atoms with Gasteiger partial charge in [-0.1, -0.05) is 11.3 Å². The van der Waals surface area contributed by atoms with Crippen molar-refractivity contribution in [2.45, 2.75) is 13.0 Å². The number of carbonyl (C=O) groups is 1. The molecule has 1 aliphatic rings. The Morgan fingerprint density at radius 1 is 1.48 bits per heavy atom. The standard InChI is InChI=1S/C13H17N5O2S/c1-16(2)13-14-8-4-5-18(7-10(8)21-13)12(20)9-6-11(19)15-17(9)3/h6H,4-5,7H2,1-3H3,(H,15,19). The van der Waals surface area contributed by atoms with Crippen molar-refractivity contribution in [1.82, 2.24) is 19.7 Å². The van der Waals surface area contributed by atoms with E-state index in [-0.39, 0.29) is 11.5 Å². The fourth-order valence-corrected chi connectivity index (χ4v) is 3.44. The molecule has 0 atom stereocenters. The van der Waals surface area contributed by atoms with E-state index in [1.54, 1.807) is 23.3 Å². The lowest BCUT2D eigenvalue weighted by atomic mass is 10.1. The lowest BCUT2D eigenvalue weighted by Crippen LogP contribution is -2.36. The molecule has 1 aliphatic heterocycles. The summed E-state index contributed by atoms with van der Waals surface area (Å²) in [4.78, 5) is 33.3. The summed E-state index contributed by atoms with van der Waals surface area (Å²) in [6.45, 7) is 1.18. The van der Waals surface area contributed by atoms with Crippen molar-refractivity contribution < 1.29 is 4.79 Å². The number of anilines is 1. The number of nitrogens with one attached hydrogen (secondary N) is 1. The van der Waals surface area contributed by atoms with Crippen LogP contribution >= 0.6 is 11.3 Å². The van der Waals surface area contributed by atoms with Gasteiger partial charge in [0.2, 0.25) is 0 Å². The van der Waals surface area contributed by atoms with Crippen LogP contribution in [0.15, 0.2) is 10.9 Å². The van der Waals surface area contributed by atoms with Crippen LogP contribution in [-0.2, 0) is 20.0 Å². The monoisotopic (exact) mass is 307 g/mol. The highest BCUT2D eigenvalue weighted by Gasteiger charge is 2.26. The molecule has 0 spiro atoms. The number of H-pyrrole nitrogens is 1. The van der Waals surface area contributed by atoms with Gasteiger partial charge in [-0.2, -0.15) is 0 Å². The van der Waals surface area contributed by atoms with Crippen molar-refractivity contribution in [3.8, 4) is 0 Å². The fraction of sp³-hybridized carbons (Fsp3) is 0.462. The molecule has 1 N–H and O–H groups in total. The molecule has 8 heteroatoms. The summed E-state index contributed by atoms with van der Waals surface area (Å²) >= 11 is 1.61. The van der Waals surface area contributed by atoms with Gasteiger partial charge in [-0.15, -0.1) is 0 Å². The van der Waals surface area contributed by atoms with Crippen molar-refractivity contribution in [2.75, 3.05) is 25.5 Å². The molecular formula is C13H17N5O2S. The van der Waals surface area contributed by atoms with Gasteiger partial charge < -0.3 is 9.80 Å². The summed E-state index contributed by atoms with van der Waals surface area (Å²) in [6, 6.07) is 1.34. The predicted octanol–water partition coefficient (Wildman–Crippen LogP) is 0.434. The Morgan fingerprint density at radius 2 is 2.24 bits per heavy atom. The molecule has 2 aromatic rings. The van der Waals surface area contributed by atoms with Gasteiger partial charge in [0.25, 0.3) is 11.5 Å². The number of aromatic nitrogens is 3. The van der Waals surface area contributed by atoms with E-state index in [9.17, 15) is 9.59 Å². The van der Waals surface area contributed by atoms with Gasteiger partial charge >= 0.3 is 0 Å². The van der Waals surface area contributed by atoms with Crippen molar-refractivity contribution in [3.63, 3.8) is 0 Å². The van der Waals surface area contributed by atoms with Crippen LogP contribution < -0.4 is 10.5 Å². The van der Waals surface area contributed by atoms with Crippen LogP contribution in [0.3, 0.4) is 0 Å². The molecule has 2 aromatic heterocycles. The molecule has 112 valence electrons. The summed E-state index contributed by atoms with van der Waals surface area (Å²) in [7, 11) is 5.59. The molecule has 0 saturated heterocycles. The van der Waals surface area contributed by atoms with E-state index in [1.165, 1.54) is 10.7 Å². The van der Waals surface area contributed by atoms with E-state index in [4.69, 9.17) is 0 Å². The number of carbonyl (C=O) groups excluding carboxylic acids is 1. The fourth-order valence-electron chi connectivity index (χ4n) is 2.39. The van der Waals surface area contributed by atoms with Crippen LogP contribution in [0, 0.1) is 0 Å². The first kappa shape index (κ1) is 13.9. The van der Waals surface area contributed by atoms with Crippen molar-refractivity contribution in [3.05, 3.63) is 32.7 Å². The summed E-state index contributed by atoms with van der Waals surface area (Å²) in [5, 5.41) is 3.52. The lowest BCUT2D eigenvalue weighted by Gasteiger charge is -2.25. The molecule has 0 aromatic carbocycles. The van der Waals surface area contributed by atoms with Gasteiger partial charge in [-0.3, -0.25) is 19.4 Å². The van der Waals surface area contributed by atoms with Crippen molar-refractivity contribution in [2.24, 2.45) is 7.05 Å². The van der Waals surface area contributed by atoms with Gasteiger partial charge in [-0.05, 0) is 0 Å². The number of rotatable bonds is 2. The highest BCUT2D eigenvalue weighted by atomic mass is 32.1. The molecule has 0 fully saturated rings. The maximum absolute atomic E-state index is 12.5. The number of aromatic amines is 1. The molecule has 21 heavy (non-hydrogen) atoms. The second kappa shape index (κ2) is 5.03. The minimum absolute atomic E-state index is 0.124. The highest BCUT2D eigenvalue weighted by Crippen LogP contribution is 2.30. The van der Waals surface area contributed by atoms with Crippen LogP contribution in [0.25, 0.3) is 0 Å². The molecule has 1 amide bonds. The Balaban J connectivity index is 1.84. The molecule has 7 nitrogen and oxygen atoms in total. The number of amides is 1. The van der Waals surface area contributed by atoms with Crippen LogP contribution in [-0.4, -0.2) is 46.2 Å². The summed E-state index contributed by atoms with van der Waals surface area (Å²) in [5.74, 6) is -0.124. The average molecular weight is 307 g/mol. The van der Waals surface area contributed by atoms with Gasteiger partial charge in [0, 0.05) is 45.1 Å². The number of fused-ring (bicyclic) bond motifs is 1. The minimum Gasteiger partial charge on any atom is -0.354 e. The maximum Gasteiger partial charge on any atom is 0.272 e. The Kier molecular flexibility index (Phi) is 3.32. The Bertz CT molecular complexity index is 742. The van der Waals surface area contributed by atoms with Gasteiger partial charge in [0.1, 0.15) is 5.69 Å². The molecule has 3 rings (SSSR count). The lowest BCUT2D eigenvalue weighted by molar-refractivity contribution is 0.0725. The largest absolute Gasteiger partial charge is 0.354 e. The Hall–Kier alpha value is -2.09. The minimum atomic E-state index is -0.258. The van der Waals surface area contributed by atoms with E-state index in [0.29, 0.717) is 18.8 Å². The number of hydrogen-bond acceptors (Lipinski definition) is 5. The molecule has 0 radical (unpaired) electrons. The number of aryl methyl sites for hydroxylation is 1. The summed E-state index contributed by atoms with van der Waals surface area (Å²) in [5.41, 5.74) is 1.21. The Labute approximate surface area is 125 Å². The van der Waals surface area contributed by atoms with E-state index < -0.39 is 0 Å². The normalized spacial score (nSPS) is 14.1. The molecule has 0 aliphatic carbocycles. The third kappa shape index (κ3) is 2.46. The predicted molar refractivity (Wildman–Crippen MR) is 80.9 cm³/mol. The van der Waals surface area contributed by atoms with Gasteiger partial charge in [-0.25, -0.2) is 4.98 Å². The van der Waals surface area contributed by atoms with Crippen LogP contribution in [0.5, 0.6) is 0 Å². The van der Waals surface area contributed by atoms with Gasteiger partial charge in [0.15, 0.2) is 5.13 Å². The van der Waals surface area contributed by atoms with Gasteiger partial charge in [0.05, 0.1) is 12.2 Å². The quantitative estimate of drug-likeness (QED) is 0.873. The third-order valence-corrected chi connectivity index (χ3v) is 4.77. The number of thiazole rings is 1. The number of hydrogen-bond donors (Lipinski definition) is 1. The van der Waals surface area contributed by atoms with Crippen LogP contribution in [0.2, 0.25) is 0 Å². The smallest absolute Gasteiger partial charge is 0.272 e. The van der Waals surface area contributed by atoms with E-state index >= 15 is 0 Å². The second-order valence-corrected chi connectivity index (χ2v) is 6.36. The number of nitrogens with zero attached hydrogens (tertiary/aromatic N) is 4. The topological polar surface area (TPSA) is 74.2 Å². The SMILES string of the molecule is CN(C)c1nc2c(s1)CN(C(=O)c1cc(=O)[nH]n1C)CC2. The third-order valence-electron chi connectivity index (χ3n) is 3.52. The molecule has 0 unspecified atom stereocenters. The van der Waals surface area contributed by atoms with Crippen LogP contribution in [0.4, 0.5) is 5.13 Å². The van der Waals surface area contributed by atoms with E-state index in [2.05, 4.69) is 10.1 Å². The molecule has 0 bridgehead atoms. The highest BCUT2D eigenvalue weighted by molar-refractivity contribution is 7.15. The Morgan fingerprint density at radius 3 is 2.86 bits per heavy atom. The first-order chi connectivity index (χ1) is 9.95. The van der Waals surface area contributed by atoms with E-state index in [1.807, 2.05) is 19.0 Å². The second-order valence-electron chi connectivity index (χ2n) is 5.30. The zero-order valence-corrected chi connectivity index (χ0v) is 13.0. The molecule has 0 saturated carbocycles. The first-order valence-electron chi connectivity index (χ1n) is 6.67. The first-order valence-corrected chi connectivity index (χ1v) is 7.48. The molecule has 3 heterocycles. The zero-order chi connectivity index (χ0) is 15.1. The summed E-state index contributed by atoms with van der Waals surface area (Å²) < 4.78 is 1.47. The van der Waals surface area contributed by atoms with Crippen molar-refractivity contribution >= 4 is 22.4 Å². The average Bonchev–Trinajstić information content (AvgIpc) is 3.00. The van der Waals surface area contributed by atoms with Crippen molar-refractivity contribution in [1.29, 1.82) is 0 Å².